The van der Waals surface area contributed by atoms with Gasteiger partial charge in [-0.05, 0) is 49.9 Å². The molecule has 1 heterocycles. The molecule has 0 aromatic heterocycles. The zero-order valence-corrected chi connectivity index (χ0v) is 11.4. The molecule has 0 unspecified atom stereocenters. The van der Waals surface area contributed by atoms with Crippen LogP contribution in [0.5, 0.6) is 0 Å². The lowest BCUT2D eigenvalue weighted by Crippen LogP contribution is -2.37. The number of ether oxygens (including phenoxy) is 1. The van der Waals surface area contributed by atoms with E-state index in [0.29, 0.717) is 11.8 Å². The highest BCUT2D eigenvalue weighted by Gasteiger charge is 2.66. The van der Waals surface area contributed by atoms with E-state index >= 15 is 0 Å². The van der Waals surface area contributed by atoms with Crippen molar-refractivity contribution in [3.63, 3.8) is 0 Å². The molecule has 0 aromatic carbocycles. The van der Waals surface area contributed by atoms with Gasteiger partial charge in [0.1, 0.15) is 5.60 Å². The van der Waals surface area contributed by atoms with Crippen LogP contribution in [0.25, 0.3) is 0 Å². The molecule has 2 aliphatic carbocycles. The van der Waals surface area contributed by atoms with E-state index in [1.54, 1.807) is 0 Å². The molecule has 102 valence electrons. The largest absolute Gasteiger partial charge is 0.393 e. The van der Waals surface area contributed by atoms with Gasteiger partial charge in [-0.25, -0.2) is 0 Å². The number of rotatable bonds is 2. The predicted octanol–water partition coefficient (Wildman–Crippen LogP) is 1.88. The van der Waals surface area contributed by atoms with Crippen molar-refractivity contribution in [2.24, 2.45) is 17.3 Å². The molecule has 6 atom stereocenters. The Labute approximate surface area is 109 Å². The standard InChI is InChI=1S/C15H24O3/c1-9(2)10-4-5-14(3)7-12(17)15(8-16)13(18-15)6-11(10)14/h10-13,16-17H,1,4-8H2,2-3H3/t10-,11+,12+,13-,14-,15+/m1/s1. The van der Waals surface area contributed by atoms with E-state index in [1.807, 2.05) is 0 Å². The molecule has 18 heavy (non-hydrogen) atoms. The monoisotopic (exact) mass is 252 g/mol. The Bertz CT molecular complexity index is 380. The first-order valence-corrected chi connectivity index (χ1v) is 7.05. The third kappa shape index (κ3) is 1.54. The fourth-order valence-electron chi connectivity index (χ4n) is 4.51. The van der Waals surface area contributed by atoms with Crippen molar-refractivity contribution in [3.8, 4) is 0 Å². The van der Waals surface area contributed by atoms with Crippen LogP contribution in [0.2, 0.25) is 0 Å². The summed E-state index contributed by atoms with van der Waals surface area (Å²) in [5.74, 6) is 1.10. The maximum Gasteiger partial charge on any atom is 0.143 e. The number of aliphatic hydroxyl groups excluding tert-OH is 2. The highest BCUT2D eigenvalue weighted by Crippen LogP contribution is 2.61. The lowest BCUT2D eigenvalue weighted by Gasteiger charge is -2.34. The Morgan fingerprint density at radius 3 is 2.83 bits per heavy atom. The molecular formula is C15H24O3. The SMILES string of the molecule is C=C(C)[C@H]1CC[C@]2(C)C[C@H](O)[C@]3(CO)O[C@@H]3C[C@@H]12. The fraction of sp³-hybridized carbons (Fsp3) is 0.867. The van der Waals surface area contributed by atoms with Crippen molar-refractivity contribution in [3.05, 3.63) is 12.2 Å². The normalized spacial score (nSPS) is 54.4. The molecule has 3 nitrogen and oxygen atoms in total. The quantitative estimate of drug-likeness (QED) is 0.583. The van der Waals surface area contributed by atoms with E-state index in [4.69, 9.17) is 4.74 Å². The molecule has 0 bridgehead atoms. The van der Waals surface area contributed by atoms with Crippen LogP contribution < -0.4 is 0 Å². The van der Waals surface area contributed by atoms with Gasteiger partial charge in [0.2, 0.25) is 0 Å². The molecule has 1 aliphatic heterocycles. The average Bonchev–Trinajstić information content (AvgIpc) is 2.94. The third-order valence-corrected chi connectivity index (χ3v) is 5.83. The fourth-order valence-corrected chi connectivity index (χ4v) is 4.51. The highest BCUT2D eigenvalue weighted by molar-refractivity contribution is 5.17. The van der Waals surface area contributed by atoms with Gasteiger partial charge in [0.05, 0.1) is 18.8 Å². The van der Waals surface area contributed by atoms with Gasteiger partial charge >= 0.3 is 0 Å². The minimum absolute atomic E-state index is 0.0456. The molecule has 0 spiro atoms. The van der Waals surface area contributed by atoms with Crippen LogP contribution in [-0.4, -0.2) is 34.6 Å². The van der Waals surface area contributed by atoms with Gasteiger partial charge < -0.3 is 14.9 Å². The van der Waals surface area contributed by atoms with E-state index in [-0.39, 0.29) is 18.1 Å². The summed E-state index contributed by atoms with van der Waals surface area (Å²) >= 11 is 0. The molecule has 2 saturated carbocycles. The molecule has 0 amide bonds. The first kappa shape index (κ1) is 12.6. The Balaban J connectivity index is 1.89. The van der Waals surface area contributed by atoms with Crippen LogP contribution in [0.1, 0.15) is 39.5 Å². The molecule has 1 saturated heterocycles. The highest BCUT2D eigenvalue weighted by atomic mass is 16.6. The molecular weight excluding hydrogens is 228 g/mol. The minimum atomic E-state index is -0.646. The molecule has 0 aromatic rings. The Morgan fingerprint density at radius 1 is 1.50 bits per heavy atom. The van der Waals surface area contributed by atoms with Crippen molar-refractivity contribution >= 4 is 0 Å². The number of hydrogen-bond donors (Lipinski definition) is 2. The molecule has 3 fully saturated rings. The van der Waals surface area contributed by atoms with Crippen LogP contribution in [0.15, 0.2) is 12.2 Å². The van der Waals surface area contributed by atoms with Gasteiger partial charge in [-0.15, -0.1) is 0 Å². The van der Waals surface area contributed by atoms with Crippen molar-refractivity contribution < 1.29 is 14.9 Å². The summed E-state index contributed by atoms with van der Waals surface area (Å²) in [5.41, 5.74) is 0.796. The van der Waals surface area contributed by atoms with Gasteiger partial charge in [0.25, 0.3) is 0 Å². The molecule has 3 heteroatoms. The van der Waals surface area contributed by atoms with Crippen molar-refractivity contribution in [2.45, 2.75) is 57.3 Å². The lowest BCUT2D eigenvalue weighted by molar-refractivity contribution is -0.00317. The summed E-state index contributed by atoms with van der Waals surface area (Å²) in [6.07, 6.45) is 3.57. The van der Waals surface area contributed by atoms with Crippen LogP contribution in [0.3, 0.4) is 0 Å². The Morgan fingerprint density at radius 2 is 2.22 bits per heavy atom. The van der Waals surface area contributed by atoms with Crippen LogP contribution in [0.4, 0.5) is 0 Å². The summed E-state index contributed by atoms with van der Waals surface area (Å²) in [5, 5.41) is 19.9. The number of epoxide rings is 1. The van der Waals surface area contributed by atoms with E-state index in [1.165, 1.54) is 12.0 Å². The van der Waals surface area contributed by atoms with Crippen LogP contribution >= 0.6 is 0 Å². The van der Waals surface area contributed by atoms with E-state index < -0.39 is 11.7 Å². The second kappa shape index (κ2) is 3.81. The summed E-state index contributed by atoms with van der Waals surface area (Å²) in [4.78, 5) is 0. The van der Waals surface area contributed by atoms with Crippen molar-refractivity contribution in [2.75, 3.05) is 6.61 Å². The second-order valence-corrected chi connectivity index (χ2v) is 6.93. The summed E-state index contributed by atoms with van der Waals surface area (Å²) in [6, 6.07) is 0. The first-order valence-electron chi connectivity index (χ1n) is 7.05. The number of aliphatic hydroxyl groups is 2. The van der Waals surface area contributed by atoms with Crippen LogP contribution in [0, 0.1) is 17.3 Å². The number of hydrogen-bond acceptors (Lipinski definition) is 3. The third-order valence-electron chi connectivity index (χ3n) is 5.83. The minimum Gasteiger partial charge on any atom is -0.393 e. The maximum atomic E-state index is 10.4. The zero-order valence-electron chi connectivity index (χ0n) is 11.4. The van der Waals surface area contributed by atoms with E-state index in [9.17, 15) is 10.2 Å². The summed E-state index contributed by atoms with van der Waals surface area (Å²) in [7, 11) is 0. The Kier molecular flexibility index (Phi) is 2.68. The van der Waals surface area contributed by atoms with E-state index in [0.717, 1.165) is 19.3 Å². The topological polar surface area (TPSA) is 53.0 Å². The van der Waals surface area contributed by atoms with Crippen molar-refractivity contribution in [1.82, 2.24) is 0 Å². The second-order valence-electron chi connectivity index (χ2n) is 6.93. The van der Waals surface area contributed by atoms with Gasteiger partial charge in [-0.3, -0.25) is 0 Å². The van der Waals surface area contributed by atoms with Crippen LogP contribution in [-0.2, 0) is 4.74 Å². The maximum absolute atomic E-state index is 10.4. The summed E-state index contributed by atoms with van der Waals surface area (Å²) in [6.45, 7) is 8.48. The summed E-state index contributed by atoms with van der Waals surface area (Å²) < 4.78 is 5.66. The number of allylic oxidation sites excluding steroid dienone is 1. The first-order chi connectivity index (χ1) is 8.43. The lowest BCUT2D eigenvalue weighted by atomic mass is 9.72. The van der Waals surface area contributed by atoms with Gasteiger partial charge in [-0.2, -0.15) is 0 Å². The van der Waals surface area contributed by atoms with Gasteiger partial charge in [0, 0.05) is 0 Å². The average molecular weight is 252 g/mol. The zero-order chi connectivity index (χ0) is 13.1. The molecule has 3 aliphatic rings. The molecule has 2 N–H and O–H groups in total. The van der Waals surface area contributed by atoms with E-state index in [2.05, 4.69) is 20.4 Å². The van der Waals surface area contributed by atoms with Gasteiger partial charge in [-0.1, -0.05) is 19.1 Å². The smallest absolute Gasteiger partial charge is 0.143 e. The predicted molar refractivity (Wildman–Crippen MR) is 69.1 cm³/mol. The molecule has 3 rings (SSSR count). The molecule has 0 radical (unpaired) electrons. The Hall–Kier alpha value is -0.380. The van der Waals surface area contributed by atoms with Crippen molar-refractivity contribution in [1.29, 1.82) is 0 Å². The number of fused-ring (bicyclic) bond motifs is 2. The van der Waals surface area contributed by atoms with Gasteiger partial charge in [0.15, 0.2) is 0 Å².